The molecule has 0 aliphatic rings. The molecule has 0 aromatic heterocycles. The molecule has 5 N–H and O–H groups in total. The number of likely N-dealkylation sites (N-methyl/N-ethyl adjacent to an activating group) is 1. The molecule has 1 rings (SSSR count). The molecule has 1 aromatic rings. The van der Waals surface area contributed by atoms with Gasteiger partial charge in [-0.1, -0.05) is 0 Å². The molecule has 0 aliphatic carbocycles. The Hall–Kier alpha value is -1.75. The van der Waals surface area contributed by atoms with Gasteiger partial charge in [-0.25, -0.2) is 0 Å². The Labute approximate surface area is 88.3 Å². The second kappa shape index (κ2) is 4.65. The van der Waals surface area contributed by atoms with Gasteiger partial charge in [-0.2, -0.15) is 0 Å². The number of nitrogen functional groups attached to an aromatic ring is 1. The van der Waals surface area contributed by atoms with Crippen LogP contribution in [0.5, 0.6) is 0 Å². The van der Waals surface area contributed by atoms with E-state index in [9.17, 15) is 4.79 Å². The highest BCUT2D eigenvalue weighted by Gasteiger charge is 2.11. The number of nitrogens with two attached hydrogens (primary N) is 2. The van der Waals surface area contributed by atoms with Crippen LogP contribution in [0, 0.1) is 0 Å². The number of aliphatic hydroxyl groups excluding tert-OH is 1. The number of amides is 1. The van der Waals surface area contributed by atoms with Crippen molar-refractivity contribution in [3.05, 3.63) is 23.8 Å². The topological polar surface area (TPSA) is 92.6 Å². The van der Waals surface area contributed by atoms with Gasteiger partial charge in [0.2, 0.25) is 0 Å². The average molecular weight is 209 g/mol. The van der Waals surface area contributed by atoms with E-state index in [1.807, 2.05) is 0 Å². The lowest BCUT2D eigenvalue weighted by molar-refractivity contribution is 0.100. The Morgan fingerprint density at radius 2 is 2.20 bits per heavy atom. The first-order valence-electron chi connectivity index (χ1n) is 4.57. The number of aliphatic hydroxyl groups is 1. The highest BCUT2D eigenvalue weighted by molar-refractivity contribution is 5.99. The largest absolute Gasteiger partial charge is 0.399 e. The molecule has 1 amide bonds. The van der Waals surface area contributed by atoms with Crippen LogP contribution in [0.1, 0.15) is 10.4 Å². The second-order valence-electron chi connectivity index (χ2n) is 3.29. The van der Waals surface area contributed by atoms with Gasteiger partial charge in [0.1, 0.15) is 0 Å². The van der Waals surface area contributed by atoms with Gasteiger partial charge in [-0.3, -0.25) is 4.79 Å². The van der Waals surface area contributed by atoms with Crippen molar-refractivity contribution < 1.29 is 9.90 Å². The lowest BCUT2D eigenvalue weighted by atomic mass is 10.1. The fraction of sp³-hybridized carbons (Fsp3) is 0.300. The molecule has 0 spiro atoms. The average Bonchev–Trinajstić information content (AvgIpc) is 2.17. The van der Waals surface area contributed by atoms with Crippen molar-refractivity contribution in [3.63, 3.8) is 0 Å². The van der Waals surface area contributed by atoms with Gasteiger partial charge in [0.05, 0.1) is 17.9 Å². The van der Waals surface area contributed by atoms with E-state index in [2.05, 4.69) is 0 Å². The van der Waals surface area contributed by atoms with E-state index in [4.69, 9.17) is 16.6 Å². The van der Waals surface area contributed by atoms with Crippen molar-refractivity contribution in [1.29, 1.82) is 0 Å². The van der Waals surface area contributed by atoms with Gasteiger partial charge < -0.3 is 21.5 Å². The lowest BCUT2D eigenvalue weighted by Crippen LogP contribution is -2.25. The van der Waals surface area contributed by atoms with Crippen LogP contribution in [-0.2, 0) is 0 Å². The van der Waals surface area contributed by atoms with Crippen molar-refractivity contribution in [2.24, 2.45) is 5.73 Å². The van der Waals surface area contributed by atoms with Crippen molar-refractivity contribution in [2.75, 3.05) is 30.8 Å². The van der Waals surface area contributed by atoms with Gasteiger partial charge in [0.15, 0.2) is 0 Å². The summed E-state index contributed by atoms with van der Waals surface area (Å²) >= 11 is 0. The highest BCUT2D eigenvalue weighted by Crippen LogP contribution is 2.21. The summed E-state index contributed by atoms with van der Waals surface area (Å²) in [5.74, 6) is -0.505. The number of carbonyl (C=O) groups is 1. The van der Waals surface area contributed by atoms with E-state index in [0.29, 0.717) is 23.5 Å². The number of rotatable bonds is 4. The SMILES string of the molecule is CN(CCO)c1cc(N)ccc1C(N)=O. The third kappa shape index (κ3) is 2.60. The number of benzene rings is 1. The Bertz CT molecular complexity index is 366. The molecule has 0 radical (unpaired) electrons. The molecular weight excluding hydrogens is 194 g/mol. The molecule has 0 saturated heterocycles. The molecule has 0 bridgehead atoms. The van der Waals surface area contributed by atoms with Crippen LogP contribution in [-0.4, -0.2) is 31.2 Å². The Balaban J connectivity index is 3.12. The van der Waals surface area contributed by atoms with E-state index >= 15 is 0 Å². The van der Waals surface area contributed by atoms with E-state index in [1.54, 1.807) is 30.1 Å². The Morgan fingerprint density at radius 1 is 1.53 bits per heavy atom. The van der Waals surface area contributed by atoms with E-state index < -0.39 is 5.91 Å². The maximum Gasteiger partial charge on any atom is 0.250 e. The van der Waals surface area contributed by atoms with E-state index in [0.717, 1.165) is 0 Å². The maximum absolute atomic E-state index is 11.1. The van der Waals surface area contributed by atoms with Crippen molar-refractivity contribution in [3.8, 4) is 0 Å². The van der Waals surface area contributed by atoms with Crippen LogP contribution in [0.3, 0.4) is 0 Å². The zero-order valence-corrected chi connectivity index (χ0v) is 8.60. The quantitative estimate of drug-likeness (QED) is 0.598. The van der Waals surface area contributed by atoms with Crippen LogP contribution >= 0.6 is 0 Å². The third-order valence-electron chi connectivity index (χ3n) is 2.13. The number of carbonyl (C=O) groups excluding carboxylic acids is 1. The molecule has 0 atom stereocenters. The Kier molecular flexibility index (Phi) is 3.51. The van der Waals surface area contributed by atoms with Gasteiger partial charge in [0, 0.05) is 19.3 Å². The fourth-order valence-corrected chi connectivity index (χ4v) is 1.34. The molecule has 15 heavy (non-hydrogen) atoms. The molecule has 0 heterocycles. The minimum absolute atomic E-state index is 0.00347. The van der Waals surface area contributed by atoms with Crippen LogP contribution in [0.25, 0.3) is 0 Å². The standard InChI is InChI=1S/C10H15N3O2/c1-13(4-5-14)9-6-7(11)2-3-8(9)10(12)15/h2-3,6,14H,4-5,11H2,1H3,(H2,12,15). The number of hydrogen-bond donors (Lipinski definition) is 3. The molecule has 5 heteroatoms. The normalized spacial score (nSPS) is 10.0. The van der Waals surface area contributed by atoms with Crippen molar-refractivity contribution in [2.45, 2.75) is 0 Å². The van der Waals surface area contributed by atoms with Crippen LogP contribution in [0.4, 0.5) is 11.4 Å². The molecule has 0 fully saturated rings. The minimum atomic E-state index is -0.505. The molecule has 0 aliphatic heterocycles. The number of nitrogens with zero attached hydrogens (tertiary/aromatic N) is 1. The Morgan fingerprint density at radius 3 is 2.73 bits per heavy atom. The summed E-state index contributed by atoms with van der Waals surface area (Å²) in [6, 6.07) is 4.87. The van der Waals surface area contributed by atoms with Gasteiger partial charge in [-0.15, -0.1) is 0 Å². The van der Waals surface area contributed by atoms with Crippen molar-refractivity contribution >= 4 is 17.3 Å². The van der Waals surface area contributed by atoms with Crippen LogP contribution in [0.2, 0.25) is 0 Å². The molecule has 5 nitrogen and oxygen atoms in total. The number of anilines is 2. The zero-order chi connectivity index (χ0) is 11.4. The summed E-state index contributed by atoms with van der Waals surface area (Å²) in [5.41, 5.74) is 12.4. The first kappa shape index (κ1) is 11.3. The van der Waals surface area contributed by atoms with Crippen LogP contribution < -0.4 is 16.4 Å². The third-order valence-corrected chi connectivity index (χ3v) is 2.13. The second-order valence-corrected chi connectivity index (χ2v) is 3.29. The lowest BCUT2D eigenvalue weighted by Gasteiger charge is -2.20. The number of primary amides is 1. The molecule has 1 aromatic carbocycles. The van der Waals surface area contributed by atoms with Gasteiger partial charge in [0.25, 0.3) is 5.91 Å². The first-order valence-corrected chi connectivity index (χ1v) is 4.57. The minimum Gasteiger partial charge on any atom is -0.399 e. The van der Waals surface area contributed by atoms with E-state index in [-0.39, 0.29) is 6.61 Å². The molecular formula is C10H15N3O2. The summed E-state index contributed by atoms with van der Waals surface area (Å²) in [4.78, 5) is 12.9. The maximum atomic E-state index is 11.1. The summed E-state index contributed by atoms with van der Waals surface area (Å²) in [6.45, 7) is 0.424. The molecule has 0 unspecified atom stereocenters. The van der Waals surface area contributed by atoms with Gasteiger partial charge >= 0.3 is 0 Å². The smallest absolute Gasteiger partial charge is 0.250 e. The summed E-state index contributed by atoms with van der Waals surface area (Å²) in [6.07, 6.45) is 0. The predicted octanol–water partition coefficient (Wildman–Crippen LogP) is -0.204. The molecule has 0 saturated carbocycles. The predicted molar refractivity (Wildman–Crippen MR) is 59.7 cm³/mol. The highest BCUT2D eigenvalue weighted by atomic mass is 16.3. The molecule has 82 valence electrons. The summed E-state index contributed by atoms with van der Waals surface area (Å²) < 4.78 is 0. The van der Waals surface area contributed by atoms with Crippen LogP contribution in [0.15, 0.2) is 18.2 Å². The summed E-state index contributed by atoms with van der Waals surface area (Å²) in [7, 11) is 1.76. The zero-order valence-electron chi connectivity index (χ0n) is 8.60. The fourth-order valence-electron chi connectivity index (χ4n) is 1.34. The summed E-state index contributed by atoms with van der Waals surface area (Å²) in [5, 5.41) is 8.81. The first-order chi connectivity index (χ1) is 7.06. The number of hydrogen-bond acceptors (Lipinski definition) is 4. The van der Waals surface area contributed by atoms with E-state index in [1.165, 1.54) is 0 Å². The monoisotopic (exact) mass is 209 g/mol. The van der Waals surface area contributed by atoms with Crippen molar-refractivity contribution in [1.82, 2.24) is 0 Å². The van der Waals surface area contributed by atoms with Gasteiger partial charge in [-0.05, 0) is 18.2 Å².